The van der Waals surface area contributed by atoms with Crippen LogP contribution < -0.4 is 10.6 Å². The van der Waals surface area contributed by atoms with Crippen molar-refractivity contribution in [2.75, 3.05) is 6.61 Å². The SMILES string of the molecule is CCC[C@@H](CC(=O)O)NC(=O)C(C(C)C)C(C)NC(=O)OCC1c2ccccc2-c2ccccc21. The molecule has 3 N–H and O–H groups in total. The Morgan fingerprint density at radius 3 is 2.03 bits per heavy atom. The van der Waals surface area contributed by atoms with Gasteiger partial charge in [-0.05, 0) is 41.5 Å². The Morgan fingerprint density at radius 1 is 0.943 bits per heavy atom. The van der Waals surface area contributed by atoms with Crippen molar-refractivity contribution in [2.45, 2.75) is 65.0 Å². The summed E-state index contributed by atoms with van der Waals surface area (Å²) in [5.41, 5.74) is 4.58. The van der Waals surface area contributed by atoms with Gasteiger partial charge in [0.25, 0.3) is 0 Å². The van der Waals surface area contributed by atoms with Crippen molar-refractivity contribution >= 4 is 18.0 Å². The van der Waals surface area contributed by atoms with Gasteiger partial charge in [0.2, 0.25) is 5.91 Å². The Balaban J connectivity index is 1.62. The first-order valence-electron chi connectivity index (χ1n) is 12.4. The summed E-state index contributed by atoms with van der Waals surface area (Å²) < 4.78 is 5.63. The lowest BCUT2D eigenvalue weighted by molar-refractivity contribution is -0.138. The largest absolute Gasteiger partial charge is 0.481 e. The van der Waals surface area contributed by atoms with E-state index in [0.29, 0.717) is 6.42 Å². The highest BCUT2D eigenvalue weighted by molar-refractivity contribution is 5.82. The number of benzene rings is 2. The first-order valence-corrected chi connectivity index (χ1v) is 12.4. The molecule has 35 heavy (non-hydrogen) atoms. The first kappa shape index (κ1) is 26.3. The van der Waals surface area contributed by atoms with Crippen LogP contribution in [0.4, 0.5) is 4.79 Å². The van der Waals surface area contributed by atoms with Gasteiger partial charge in [0.1, 0.15) is 6.61 Å². The molecule has 1 aliphatic rings. The van der Waals surface area contributed by atoms with Crippen molar-refractivity contribution in [1.82, 2.24) is 10.6 Å². The lowest BCUT2D eigenvalue weighted by Crippen LogP contribution is -2.50. The molecule has 2 aromatic carbocycles. The smallest absolute Gasteiger partial charge is 0.407 e. The van der Waals surface area contributed by atoms with E-state index in [1.807, 2.05) is 45.0 Å². The van der Waals surface area contributed by atoms with E-state index in [1.165, 1.54) is 0 Å². The van der Waals surface area contributed by atoms with Crippen LogP contribution in [0.5, 0.6) is 0 Å². The van der Waals surface area contributed by atoms with Gasteiger partial charge in [0.05, 0.1) is 12.3 Å². The Hall–Kier alpha value is -3.35. The highest BCUT2D eigenvalue weighted by Crippen LogP contribution is 2.44. The van der Waals surface area contributed by atoms with Gasteiger partial charge in [-0.15, -0.1) is 0 Å². The number of fused-ring (bicyclic) bond motifs is 3. The molecular weight excluding hydrogens is 444 g/mol. The number of hydrogen-bond donors (Lipinski definition) is 3. The van der Waals surface area contributed by atoms with Gasteiger partial charge in [-0.2, -0.15) is 0 Å². The predicted octanol–water partition coefficient (Wildman–Crippen LogP) is 4.95. The van der Waals surface area contributed by atoms with Crippen molar-refractivity contribution in [3.05, 3.63) is 59.7 Å². The first-order chi connectivity index (χ1) is 16.7. The van der Waals surface area contributed by atoms with Crippen LogP contribution in [0.2, 0.25) is 0 Å². The topological polar surface area (TPSA) is 105 Å². The fraction of sp³-hybridized carbons (Fsp3) is 0.464. The molecule has 2 unspecified atom stereocenters. The molecule has 1 aliphatic carbocycles. The zero-order chi connectivity index (χ0) is 25.5. The fourth-order valence-electron chi connectivity index (χ4n) is 5.10. The van der Waals surface area contributed by atoms with E-state index >= 15 is 0 Å². The molecule has 188 valence electrons. The number of ether oxygens (including phenoxy) is 1. The van der Waals surface area contributed by atoms with Crippen LogP contribution in [0.1, 0.15) is 64.0 Å². The minimum absolute atomic E-state index is 0.0431. The quantitative estimate of drug-likeness (QED) is 0.422. The summed E-state index contributed by atoms with van der Waals surface area (Å²) in [5, 5.41) is 14.8. The van der Waals surface area contributed by atoms with E-state index in [9.17, 15) is 14.4 Å². The molecule has 0 saturated carbocycles. The second-order valence-electron chi connectivity index (χ2n) is 9.62. The average Bonchev–Trinajstić information content (AvgIpc) is 3.11. The van der Waals surface area contributed by atoms with Crippen molar-refractivity contribution in [3.8, 4) is 11.1 Å². The van der Waals surface area contributed by atoms with Gasteiger partial charge >= 0.3 is 12.1 Å². The minimum atomic E-state index is -0.949. The van der Waals surface area contributed by atoms with Crippen LogP contribution in [0, 0.1) is 11.8 Å². The Morgan fingerprint density at radius 2 is 1.51 bits per heavy atom. The standard InChI is InChI=1S/C28H36N2O5/c1-5-10-19(15-25(31)32)30-27(33)26(17(2)3)18(4)29-28(34)35-16-24-22-13-8-6-11-20(22)21-12-7-9-14-23(21)24/h6-9,11-14,17-19,24,26H,5,10,15-16H2,1-4H3,(H,29,34)(H,30,33)(H,31,32)/t18?,19-,26?/m0/s1. The summed E-state index contributed by atoms with van der Waals surface area (Å²) in [5.74, 6) is -1.84. The number of carbonyl (C=O) groups is 3. The highest BCUT2D eigenvalue weighted by atomic mass is 16.5. The molecule has 3 rings (SSSR count). The fourth-order valence-corrected chi connectivity index (χ4v) is 5.10. The van der Waals surface area contributed by atoms with E-state index < -0.39 is 30.1 Å². The van der Waals surface area contributed by atoms with Gasteiger partial charge in [-0.1, -0.05) is 75.7 Å². The number of hydrogen-bond acceptors (Lipinski definition) is 4. The Labute approximate surface area is 207 Å². The van der Waals surface area contributed by atoms with Gasteiger partial charge in [-0.3, -0.25) is 9.59 Å². The molecule has 0 heterocycles. The molecule has 7 nitrogen and oxygen atoms in total. The number of nitrogens with one attached hydrogen (secondary N) is 2. The molecule has 0 spiro atoms. The maximum atomic E-state index is 13.0. The number of aliphatic carboxylic acids is 1. The van der Waals surface area contributed by atoms with Crippen molar-refractivity contribution in [1.29, 1.82) is 0 Å². The third-order valence-corrected chi connectivity index (χ3v) is 6.65. The van der Waals surface area contributed by atoms with E-state index in [1.54, 1.807) is 6.92 Å². The summed E-state index contributed by atoms with van der Waals surface area (Å²) in [4.78, 5) is 36.9. The summed E-state index contributed by atoms with van der Waals surface area (Å²) >= 11 is 0. The molecule has 0 aromatic heterocycles. The molecule has 0 bridgehead atoms. The third-order valence-electron chi connectivity index (χ3n) is 6.65. The van der Waals surface area contributed by atoms with Crippen LogP contribution >= 0.6 is 0 Å². The zero-order valence-corrected chi connectivity index (χ0v) is 20.9. The second-order valence-corrected chi connectivity index (χ2v) is 9.62. The summed E-state index contributed by atoms with van der Waals surface area (Å²) in [6.07, 6.45) is 0.641. The number of amides is 2. The van der Waals surface area contributed by atoms with Gasteiger partial charge in [0.15, 0.2) is 0 Å². The van der Waals surface area contributed by atoms with Gasteiger partial charge in [0, 0.05) is 18.0 Å². The van der Waals surface area contributed by atoms with Crippen LogP contribution in [-0.2, 0) is 14.3 Å². The van der Waals surface area contributed by atoms with Crippen LogP contribution in [-0.4, -0.2) is 41.8 Å². The van der Waals surface area contributed by atoms with E-state index in [-0.39, 0.29) is 30.8 Å². The third kappa shape index (κ3) is 6.41. The van der Waals surface area contributed by atoms with Crippen LogP contribution in [0.15, 0.2) is 48.5 Å². The minimum Gasteiger partial charge on any atom is -0.481 e. The number of carbonyl (C=O) groups excluding carboxylic acids is 2. The predicted molar refractivity (Wildman–Crippen MR) is 135 cm³/mol. The molecule has 7 heteroatoms. The summed E-state index contributed by atoms with van der Waals surface area (Å²) in [7, 11) is 0. The normalized spacial score (nSPS) is 15.0. The van der Waals surface area contributed by atoms with Gasteiger partial charge < -0.3 is 20.5 Å². The van der Waals surface area contributed by atoms with Gasteiger partial charge in [-0.25, -0.2) is 4.79 Å². The Kier molecular flexibility index (Phi) is 8.90. The lowest BCUT2D eigenvalue weighted by atomic mass is 9.88. The van der Waals surface area contributed by atoms with Crippen molar-refractivity contribution in [3.63, 3.8) is 0 Å². The monoisotopic (exact) mass is 480 g/mol. The number of alkyl carbamates (subject to hydrolysis) is 1. The van der Waals surface area contributed by atoms with Crippen LogP contribution in [0.3, 0.4) is 0 Å². The molecule has 3 atom stereocenters. The van der Waals surface area contributed by atoms with E-state index in [4.69, 9.17) is 9.84 Å². The van der Waals surface area contributed by atoms with Crippen LogP contribution in [0.25, 0.3) is 11.1 Å². The Bertz CT molecular complexity index is 1010. The maximum absolute atomic E-state index is 13.0. The van der Waals surface area contributed by atoms with Crippen molar-refractivity contribution < 1.29 is 24.2 Å². The maximum Gasteiger partial charge on any atom is 0.407 e. The molecule has 0 radical (unpaired) electrons. The highest BCUT2D eigenvalue weighted by Gasteiger charge is 2.32. The van der Waals surface area contributed by atoms with Crippen molar-refractivity contribution in [2.24, 2.45) is 11.8 Å². The molecule has 2 aromatic rings. The molecule has 0 fully saturated rings. The molecule has 0 saturated heterocycles. The molecule has 0 aliphatic heterocycles. The van der Waals surface area contributed by atoms with E-state index in [0.717, 1.165) is 28.7 Å². The average molecular weight is 481 g/mol. The molecule has 2 amide bonds. The number of carboxylic acids is 1. The summed E-state index contributed by atoms with van der Waals surface area (Å²) in [6.45, 7) is 7.74. The zero-order valence-electron chi connectivity index (χ0n) is 20.9. The lowest BCUT2D eigenvalue weighted by Gasteiger charge is -2.29. The second kappa shape index (κ2) is 11.9. The number of carboxylic acid groups (broad SMARTS) is 1. The number of rotatable bonds is 11. The molecular formula is C28H36N2O5. The van der Waals surface area contributed by atoms with E-state index in [2.05, 4.69) is 34.9 Å². The summed E-state index contributed by atoms with van der Waals surface area (Å²) in [6, 6.07) is 15.4.